The van der Waals surface area contributed by atoms with Crippen LogP contribution in [0.2, 0.25) is 0 Å². The van der Waals surface area contributed by atoms with Crippen molar-refractivity contribution in [2.75, 3.05) is 24.5 Å². The predicted octanol–water partition coefficient (Wildman–Crippen LogP) is 4.34. The van der Waals surface area contributed by atoms with E-state index in [9.17, 15) is 4.79 Å². The second-order valence-corrected chi connectivity index (χ2v) is 6.61. The fourth-order valence-electron chi connectivity index (χ4n) is 3.15. The monoisotopic (exact) mass is 362 g/mol. The van der Waals surface area contributed by atoms with E-state index in [0.717, 1.165) is 24.2 Å². The molecule has 2 aromatic carbocycles. The summed E-state index contributed by atoms with van der Waals surface area (Å²) in [5, 5.41) is 2.74. The maximum Gasteiger partial charge on any atom is 0.407 e. The largest absolute Gasteiger partial charge is 0.445 e. The van der Waals surface area contributed by atoms with Crippen molar-refractivity contribution in [1.82, 2.24) is 5.32 Å². The number of ether oxygens (including phenoxy) is 1. The van der Waals surface area contributed by atoms with Crippen LogP contribution in [0.4, 0.5) is 10.5 Å². The summed E-state index contributed by atoms with van der Waals surface area (Å²) < 4.78 is 5.19. The van der Waals surface area contributed by atoms with Crippen molar-refractivity contribution in [1.29, 1.82) is 0 Å². The predicted molar refractivity (Wildman–Crippen MR) is 109 cm³/mol. The first-order valence-electron chi connectivity index (χ1n) is 9.60. The molecule has 1 aliphatic heterocycles. The van der Waals surface area contributed by atoms with E-state index in [-0.39, 0.29) is 6.61 Å². The summed E-state index contributed by atoms with van der Waals surface area (Å²) >= 11 is 0. The molecular formula is C23H26N2O2. The van der Waals surface area contributed by atoms with Gasteiger partial charge in [0.1, 0.15) is 6.61 Å². The molecule has 1 aliphatic rings. The Kier molecular flexibility index (Phi) is 7.17. The average Bonchev–Trinajstić information content (AvgIpc) is 2.74. The quantitative estimate of drug-likeness (QED) is 0.635. The summed E-state index contributed by atoms with van der Waals surface area (Å²) in [6.07, 6.45) is 3.99. The highest BCUT2D eigenvalue weighted by atomic mass is 16.5. The van der Waals surface area contributed by atoms with Crippen molar-refractivity contribution in [2.24, 2.45) is 0 Å². The molecule has 0 unspecified atom stereocenters. The molecule has 140 valence electrons. The summed E-state index contributed by atoms with van der Waals surface area (Å²) in [5.74, 6) is 6.42. The van der Waals surface area contributed by atoms with E-state index in [0.29, 0.717) is 13.0 Å². The summed E-state index contributed by atoms with van der Waals surface area (Å²) in [6, 6.07) is 18.0. The summed E-state index contributed by atoms with van der Waals surface area (Å²) in [4.78, 5) is 14.1. The first-order valence-corrected chi connectivity index (χ1v) is 9.60. The van der Waals surface area contributed by atoms with E-state index in [1.807, 2.05) is 36.4 Å². The topological polar surface area (TPSA) is 41.6 Å². The summed E-state index contributed by atoms with van der Waals surface area (Å²) in [6.45, 7) is 2.97. The zero-order chi connectivity index (χ0) is 18.7. The Morgan fingerprint density at radius 2 is 1.74 bits per heavy atom. The molecule has 1 saturated heterocycles. The third-order valence-electron chi connectivity index (χ3n) is 4.56. The minimum Gasteiger partial charge on any atom is -0.445 e. The van der Waals surface area contributed by atoms with Gasteiger partial charge in [-0.2, -0.15) is 0 Å². The van der Waals surface area contributed by atoms with Crippen LogP contribution in [0, 0.1) is 11.8 Å². The average molecular weight is 362 g/mol. The molecule has 0 saturated carbocycles. The van der Waals surface area contributed by atoms with Gasteiger partial charge in [0.05, 0.1) is 5.69 Å². The van der Waals surface area contributed by atoms with E-state index in [1.165, 1.54) is 24.9 Å². The van der Waals surface area contributed by atoms with Crippen LogP contribution in [0.25, 0.3) is 0 Å². The molecule has 0 radical (unpaired) electrons. The van der Waals surface area contributed by atoms with Crippen molar-refractivity contribution in [3.8, 4) is 11.8 Å². The molecule has 1 heterocycles. The van der Waals surface area contributed by atoms with Crippen molar-refractivity contribution < 1.29 is 9.53 Å². The first kappa shape index (κ1) is 18.8. The van der Waals surface area contributed by atoms with Gasteiger partial charge in [-0.1, -0.05) is 54.3 Å². The lowest BCUT2D eigenvalue weighted by Crippen LogP contribution is -2.29. The van der Waals surface area contributed by atoms with Crippen LogP contribution in [0.3, 0.4) is 0 Å². The Bertz CT molecular complexity index is 787. The number of carbonyl (C=O) groups excluding carboxylic acids is 1. The second kappa shape index (κ2) is 10.3. The molecule has 1 fully saturated rings. The highest BCUT2D eigenvalue weighted by Gasteiger charge is 2.12. The van der Waals surface area contributed by atoms with E-state index < -0.39 is 6.09 Å². The van der Waals surface area contributed by atoms with Gasteiger partial charge in [0.2, 0.25) is 0 Å². The minimum absolute atomic E-state index is 0.279. The maximum atomic E-state index is 11.7. The van der Waals surface area contributed by atoms with Gasteiger partial charge in [0.15, 0.2) is 0 Å². The number of piperidine rings is 1. The van der Waals surface area contributed by atoms with Crippen LogP contribution in [-0.4, -0.2) is 25.7 Å². The maximum absolute atomic E-state index is 11.7. The smallest absolute Gasteiger partial charge is 0.407 e. The van der Waals surface area contributed by atoms with Gasteiger partial charge >= 0.3 is 6.09 Å². The lowest BCUT2D eigenvalue weighted by atomic mass is 10.1. The highest BCUT2D eigenvalue weighted by molar-refractivity contribution is 5.67. The number of hydrogen-bond donors (Lipinski definition) is 1. The van der Waals surface area contributed by atoms with Gasteiger partial charge in [-0.25, -0.2) is 4.79 Å². The van der Waals surface area contributed by atoms with Gasteiger partial charge in [-0.3, -0.25) is 0 Å². The van der Waals surface area contributed by atoms with E-state index >= 15 is 0 Å². The van der Waals surface area contributed by atoms with E-state index in [1.54, 1.807) is 0 Å². The van der Waals surface area contributed by atoms with Crippen molar-refractivity contribution in [3.05, 3.63) is 65.7 Å². The normalized spacial score (nSPS) is 13.4. The number of alkyl carbamates (subject to hydrolysis) is 1. The lowest BCUT2D eigenvalue weighted by molar-refractivity contribution is 0.140. The highest BCUT2D eigenvalue weighted by Crippen LogP contribution is 2.23. The number of rotatable bonds is 5. The van der Waals surface area contributed by atoms with Crippen molar-refractivity contribution >= 4 is 11.8 Å². The van der Waals surface area contributed by atoms with Gasteiger partial charge < -0.3 is 15.0 Å². The van der Waals surface area contributed by atoms with Crippen molar-refractivity contribution in [2.45, 2.75) is 32.3 Å². The molecule has 0 aromatic heterocycles. The number of amides is 1. The van der Waals surface area contributed by atoms with Crippen LogP contribution in [0.5, 0.6) is 0 Å². The van der Waals surface area contributed by atoms with Gasteiger partial charge in [0, 0.05) is 31.6 Å². The van der Waals surface area contributed by atoms with Crippen LogP contribution >= 0.6 is 0 Å². The second-order valence-electron chi connectivity index (χ2n) is 6.61. The fourth-order valence-corrected chi connectivity index (χ4v) is 3.15. The molecule has 0 spiro atoms. The molecule has 2 aromatic rings. The number of anilines is 1. The molecule has 4 heteroatoms. The Balaban J connectivity index is 1.43. The zero-order valence-electron chi connectivity index (χ0n) is 15.6. The standard InChI is InChI=1S/C23H26N2O2/c26-23(27-19-20-11-3-1-4-12-20)24-16-8-7-14-21-13-5-6-15-22(21)25-17-9-2-10-18-25/h1,3-6,11-13,15H,2,8-10,16-19H2,(H,24,26). The zero-order valence-corrected chi connectivity index (χ0v) is 15.6. The van der Waals surface area contributed by atoms with Gasteiger partial charge in [0.25, 0.3) is 0 Å². The molecule has 4 nitrogen and oxygen atoms in total. The SMILES string of the molecule is O=C(NCCC#Cc1ccccc1N1CCCCC1)OCc1ccccc1. The number of nitrogens with zero attached hydrogens (tertiary/aromatic N) is 1. The molecule has 3 rings (SSSR count). The minimum atomic E-state index is -0.408. The molecule has 27 heavy (non-hydrogen) atoms. The Morgan fingerprint density at radius 1 is 1.00 bits per heavy atom. The summed E-state index contributed by atoms with van der Waals surface area (Å²) in [5.41, 5.74) is 3.26. The van der Waals surface area contributed by atoms with Crippen LogP contribution in [-0.2, 0) is 11.3 Å². The molecule has 1 amide bonds. The number of carbonyl (C=O) groups is 1. The Labute approximate surface area is 161 Å². The van der Waals surface area contributed by atoms with Crippen LogP contribution in [0.1, 0.15) is 36.8 Å². The molecule has 0 aliphatic carbocycles. The van der Waals surface area contributed by atoms with Crippen LogP contribution in [0.15, 0.2) is 54.6 Å². The Morgan fingerprint density at radius 3 is 2.56 bits per heavy atom. The molecular weight excluding hydrogens is 336 g/mol. The number of benzene rings is 2. The van der Waals surface area contributed by atoms with Gasteiger partial charge in [-0.15, -0.1) is 0 Å². The first-order chi connectivity index (χ1) is 13.3. The number of hydrogen-bond acceptors (Lipinski definition) is 3. The van der Waals surface area contributed by atoms with E-state index in [2.05, 4.69) is 40.3 Å². The number of nitrogens with one attached hydrogen (secondary N) is 1. The fraction of sp³-hybridized carbons (Fsp3) is 0.348. The third-order valence-corrected chi connectivity index (χ3v) is 4.56. The van der Waals surface area contributed by atoms with Crippen molar-refractivity contribution in [3.63, 3.8) is 0 Å². The Hall–Kier alpha value is -2.93. The van der Waals surface area contributed by atoms with Crippen LogP contribution < -0.4 is 10.2 Å². The third kappa shape index (κ3) is 6.07. The summed E-state index contributed by atoms with van der Waals surface area (Å²) in [7, 11) is 0. The molecule has 1 N–H and O–H groups in total. The molecule has 0 atom stereocenters. The number of para-hydroxylation sites is 1. The lowest BCUT2D eigenvalue weighted by Gasteiger charge is -2.29. The van der Waals surface area contributed by atoms with Gasteiger partial charge in [-0.05, 0) is 37.0 Å². The van der Waals surface area contributed by atoms with E-state index in [4.69, 9.17) is 4.74 Å². The molecule has 0 bridgehead atoms.